The lowest BCUT2D eigenvalue weighted by Gasteiger charge is -2.36. The molecule has 0 amide bonds. The van der Waals surface area contributed by atoms with Gasteiger partial charge in [0.25, 0.3) is 0 Å². The Morgan fingerprint density at radius 1 is 1.03 bits per heavy atom. The summed E-state index contributed by atoms with van der Waals surface area (Å²) in [6.45, 7) is 6.76. The number of thioether (sulfide) groups is 1. The number of carbonyl (C=O) groups is 1. The van der Waals surface area contributed by atoms with Gasteiger partial charge in [0.1, 0.15) is 13.1 Å². The van der Waals surface area contributed by atoms with Crippen molar-refractivity contribution in [1.82, 2.24) is 0 Å². The molecule has 5 heteroatoms. The minimum absolute atomic E-state index is 0.0482. The van der Waals surface area contributed by atoms with E-state index in [0.717, 1.165) is 45.0 Å². The number of nitrogens with zero attached hydrogens (tertiary/aromatic N) is 1. The molecule has 2 aromatic rings. The normalized spacial score (nSPS) is 25.0. The molecule has 1 saturated heterocycles. The number of quaternary nitrogens is 1. The van der Waals surface area contributed by atoms with E-state index in [-0.39, 0.29) is 5.25 Å². The van der Waals surface area contributed by atoms with Crippen molar-refractivity contribution in [3.05, 3.63) is 71.4 Å². The number of ketones is 1. The molecule has 2 atom stereocenters. The third-order valence-electron chi connectivity index (χ3n) is 6.36. The highest BCUT2D eigenvalue weighted by Crippen LogP contribution is 2.51. The second-order valence-corrected chi connectivity index (χ2v) is 9.77. The minimum Gasteiger partial charge on any atom is -0.370 e. The molecule has 30 heavy (non-hydrogen) atoms. The molecule has 3 aliphatic rings. The van der Waals surface area contributed by atoms with Crippen LogP contribution in [-0.4, -0.2) is 38.8 Å². The maximum atomic E-state index is 13.4. The van der Waals surface area contributed by atoms with Gasteiger partial charge in [0.05, 0.1) is 24.2 Å². The summed E-state index contributed by atoms with van der Waals surface area (Å²) in [6, 6.07) is 19.2. The molecule has 2 heterocycles. The van der Waals surface area contributed by atoms with Gasteiger partial charge in [0.15, 0.2) is 12.5 Å². The Hall–Kier alpha value is -2.08. The minimum atomic E-state index is 0.0482. The zero-order chi connectivity index (χ0) is 20.5. The summed E-state index contributed by atoms with van der Waals surface area (Å²) in [7, 11) is 0. The summed E-state index contributed by atoms with van der Waals surface area (Å²) < 4.78 is 5.59. The predicted octanol–water partition coefficient (Wildman–Crippen LogP) is 3.47. The average molecular weight is 422 g/mol. The third kappa shape index (κ3) is 3.82. The molecular weight excluding hydrogens is 392 g/mol. The second kappa shape index (κ2) is 8.58. The number of hydrogen-bond donors (Lipinski definition) is 1. The van der Waals surface area contributed by atoms with E-state index in [9.17, 15) is 4.79 Å². The lowest BCUT2D eigenvalue weighted by Crippen LogP contribution is -3.15. The number of hydrogen-bond acceptors (Lipinski definition) is 4. The number of benzene rings is 2. The number of ether oxygens (including phenoxy) is 1. The molecule has 1 fully saturated rings. The van der Waals surface area contributed by atoms with Crippen molar-refractivity contribution in [2.45, 2.75) is 29.9 Å². The van der Waals surface area contributed by atoms with E-state index in [1.54, 1.807) is 0 Å². The van der Waals surface area contributed by atoms with Crippen LogP contribution in [0, 0.1) is 5.92 Å². The van der Waals surface area contributed by atoms with Gasteiger partial charge in [0, 0.05) is 22.6 Å². The number of morpholine rings is 1. The van der Waals surface area contributed by atoms with Crippen LogP contribution in [0.15, 0.2) is 70.8 Å². The smallest absolute Gasteiger partial charge is 0.162 e. The largest absolute Gasteiger partial charge is 0.370 e. The number of anilines is 1. The van der Waals surface area contributed by atoms with Gasteiger partial charge in [-0.1, -0.05) is 49.4 Å². The third-order valence-corrected chi connectivity index (χ3v) is 7.70. The van der Waals surface area contributed by atoms with Crippen molar-refractivity contribution in [3.63, 3.8) is 0 Å². The zero-order valence-corrected chi connectivity index (χ0v) is 18.3. The summed E-state index contributed by atoms with van der Waals surface area (Å²) in [4.78, 5) is 18.7. The number of allylic oxidation sites excluding steroid dienone is 1. The Kier molecular flexibility index (Phi) is 5.68. The SMILES string of the molecule is C[C@H]1CC(=O)C2=C(C1)N(C[NH+]1CCOCC1)c1ccccc1S[C@@H]2c1ccccc1. The molecule has 2 aliphatic heterocycles. The Morgan fingerprint density at radius 3 is 2.57 bits per heavy atom. The van der Waals surface area contributed by atoms with Gasteiger partial charge >= 0.3 is 0 Å². The lowest BCUT2D eigenvalue weighted by molar-refractivity contribution is -0.907. The van der Waals surface area contributed by atoms with Crippen LogP contribution in [0.4, 0.5) is 5.69 Å². The monoisotopic (exact) mass is 421 g/mol. The van der Waals surface area contributed by atoms with Crippen LogP contribution in [0.1, 0.15) is 30.6 Å². The fraction of sp³-hybridized carbons (Fsp3) is 0.400. The number of rotatable bonds is 3. The van der Waals surface area contributed by atoms with Gasteiger partial charge < -0.3 is 9.64 Å². The number of para-hydroxylation sites is 1. The highest BCUT2D eigenvalue weighted by atomic mass is 32.2. The fourth-order valence-electron chi connectivity index (χ4n) is 4.85. The van der Waals surface area contributed by atoms with Crippen molar-refractivity contribution in [3.8, 4) is 0 Å². The number of carbonyl (C=O) groups excluding carboxylic acids is 1. The van der Waals surface area contributed by atoms with E-state index in [1.165, 1.54) is 26.7 Å². The van der Waals surface area contributed by atoms with Gasteiger partial charge in [-0.05, 0) is 30.0 Å². The van der Waals surface area contributed by atoms with E-state index >= 15 is 0 Å². The van der Waals surface area contributed by atoms with E-state index < -0.39 is 0 Å². The molecule has 1 N–H and O–H groups in total. The maximum absolute atomic E-state index is 13.4. The van der Waals surface area contributed by atoms with Crippen LogP contribution >= 0.6 is 11.8 Å². The van der Waals surface area contributed by atoms with Gasteiger partial charge in [-0.15, -0.1) is 11.8 Å². The number of nitrogens with one attached hydrogen (secondary N) is 1. The van der Waals surface area contributed by atoms with E-state index in [1.807, 2.05) is 17.8 Å². The highest BCUT2D eigenvalue weighted by Gasteiger charge is 2.39. The van der Waals surface area contributed by atoms with Gasteiger partial charge in [0.2, 0.25) is 0 Å². The molecule has 0 unspecified atom stereocenters. The molecule has 0 aromatic heterocycles. The summed E-state index contributed by atoms with van der Waals surface area (Å²) in [6.07, 6.45) is 1.61. The summed E-state index contributed by atoms with van der Waals surface area (Å²) in [5, 5.41) is 0.0482. The van der Waals surface area contributed by atoms with E-state index in [4.69, 9.17) is 4.74 Å². The fourth-order valence-corrected chi connectivity index (χ4v) is 6.24. The summed E-state index contributed by atoms with van der Waals surface area (Å²) >= 11 is 1.83. The predicted molar refractivity (Wildman–Crippen MR) is 121 cm³/mol. The Balaban J connectivity index is 1.65. The molecule has 2 aromatic carbocycles. The van der Waals surface area contributed by atoms with Crippen LogP contribution in [0.25, 0.3) is 0 Å². The van der Waals surface area contributed by atoms with E-state index in [0.29, 0.717) is 18.1 Å². The quantitative estimate of drug-likeness (QED) is 0.823. The Morgan fingerprint density at radius 2 is 1.77 bits per heavy atom. The van der Waals surface area contributed by atoms with Crippen molar-refractivity contribution in [2.24, 2.45) is 5.92 Å². The zero-order valence-electron chi connectivity index (χ0n) is 17.5. The lowest BCUT2D eigenvalue weighted by atomic mass is 9.83. The molecule has 4 nitrogen and oxygen atoms in total. The van der Waals surface area contributed by atoms with Crippen LogP contribution in [0.3, 0.4) is 0 Å². The standard InChI is InChI=1S/C25H28N2O2S/c1-18-15-21-24(22(28)16-18)25(19-7-3-2-4-8-19)30-23-10-6-5-9-20(23)27(21)17-26-11-13-29-14-12-26/h2-10,18,25H,11-17H2,1H3/p+1/t18-,25-/m1/s1. The average Bonchev–Trinajstić information content (AvgIpc) is 2.90. The van der Waals surface area contributed by atoms with Gasteiger partial charge in [-0.25, -0.2) is 0 Å². The topological polar surface area (TPSA) is 34.0 Å². The van der Waals surface area contributed by atoms with Crippen molar-refractivity contribution < 1.29 is 14.4 Å². The Bertz CT molecular complexity index is 953. The molecular formula is C25H29N2O2S+. The molecule has 0 spiro atoms. The molecule has 5 rings (SSSR count). The first-order chi connectivity index (χ1) is 14.7. The number of fused-ring (bicyclic) bond motifs is 1. The van der Waals surface area contributed by atoms with Crippen LogP contribution in [-0.2, 0) is 9.53 Å². The molecule has 1 aliphatic carbocycles. The molecule has 156 valence electrons. The van der Waals surface area contributed by atoms with Crippen molar-refractivity contribution in [2.75, 3.05) is 37.9 Å². The van der Waals surface area contributed by atoms with Crippen LogP contribution < -0.4 is 9.80 Å². The highest BCUT2D eigenvalue weighted by molar-refractivity contribution is 8.00. The first-order valence-corrected chi connectivity index (χ1v) is 11.8. The molecule has 0 saturated carbocycles. The van der Waals surface area contributed by atoms with E-state index in [2.05, 4.69) is 60.4 Å². The maximum Gasteiger partial charge on any atom is 0.162 e. The van der Waals surface area contributed by atoms with Gasteiger partial charge in [-0.2, -0.15) is 0 Å². The molecule has 0 radical (unpaired) electrons. The Labute approximate surface area is 182 Å². The summed E-state index contributed by atoms with van der Waals surface area (Å²) in [5.41, 5.74) is 4.72. The van der Waals surface area contributed by atoms with Gasteiger partial charge in [-0.3, -0.25) is 9.69 Å². The summed E-state index contributed by atoms with van der Waals surface area (Å²) in [5.74, 6) is 0.699. The van der Waals surface area contributed by atoms with Crippen molar-refractivity contribution in [1.29, 1.82) is 0 Å². The van der Waals surface area contributed by atoms with Crippen LogP contribution in [0.5, 0.6) is 0 Å². The first-order valence-electron chi connectivity index (χ1n) is 11.0. The van der Waals surface area contributed by atoms with Crippen LogP contribution in [0.2, 0.25) is 0 Å². The van der Waals surface area contributed by atoms with Crippen molar-refractivity contribution >= 4 is 23.2 Å². The number of Topliss-reactive ketones (excluding diaryl/α,β-unsaturated/α-hetero) is 1. The molecule has 0 bridgehead atoms. The first kappa shape index (κ1) is 19.9. The second-order valence-electron chi connectivity index (χ2n) is 8.62.